The van der Waals surface area contributed by atoms with Crippen LogP contribution < -0.4 is 0 Å². The fourth-order valence-corrected chi connectivity index (χ4v) is 8.74. The van der Waals surface area contributed by atoms with Gasteiger partial charge in [-0.15, -0.1) is 0 Å². The first kappa shape index (κ1) is 22.5. The number of hydrogen-bond acceptors (Lipinski definition) is 3. The van der Waals surface area contributed by atoms with Crippen LogP contribution in [0, 0.1) is 40.4 Å². The van der Waals surface area contributed by atoms with Crippen molar-refractivity contribution in [2.45, 2.75) is 97.5 Å². The summed E-state index contributed by atoms with van der Waals surface area (Å²) >= 11 is 0. The summed E-state index contributed by atoms with van der Waals surface area (Å²) in [5.41, 5.74) is 1.52. The zero-order valence-corrected chi connectivity index (χ0v) is 20.0. The highest BCUT2D eigenvalue weighted by atomic mass is 16.5. The van der Waals surface area contributed by atoms with Gasteiger partial charge in [-0.25, -0.2) is 0 Å². The van der Waals surface area contributed by atoms with Crippen LogP contribution in [-0.2, 0) is 9.53 Å². The third-order valence-corrected chi connectivity index (χ3v) is 10.2. The van der Waals surface area contributed by atoms with E-state index in [2.05, 4.69) is 19.9 Å². The number of hydrogen-bond donors (Lipinski definition) is 1. The second kappa shape index (κ2) is 8.03. The summed E-state index contributed by atoms with van der Waals surface area (Å²) in [6.45, 7) is 9.56. The highest BCUT2D eigenvalue weighted by molar-refractivity contribution is 5.75. The molecule has 170 valence electrons. The minimum atomic E-state index is -0.552. The van der Waals surface area contributed by atoms with Crippen molar-refractivity contribution < 1.29 is 14.6 Å². The first-order valence-corrected chi connectivity index (χ1v) is 12.5. The van der Waals surface area contributed by atoms with Crippen molar-refractivity contribution in [2.75, 3.05) is 13.7 Å². The molecule has 4 rings (SSSR count). The Morgan fingerprint density at radius 3 is 2.67 bits per heavy atom. The average molecular weight is 417 g/mol. The summed E-state index contributed by atoms with van der Waals surface area (Å²) in [4.78, 5) is 11.6. The maximum atomic E-state index is 11.6. The molecule has 0 amide bonds. The second-order valence-electron chi connectivity index (χ2n) is 12.1. The summed E-state index contributed by atoms with van der Waals surface area (Å²) in [6.07, 6.45) is 13.6. The van der Waals surface area contributed by atoms with Crippen LogP contribution in [-0.4, -0.2) is 30.2 Å². The molecule has 3 nitrogen and oxygen atoms in total. The maximum absolute atomic E-state index is 11.6. The van der Waals surface area contributed by atoms with Crippen LogP contribution in [0.3, 0.4) is 0 Å². The average Bonchev–Trinajstić information content (AvgIpc) is 3.03. The van der Waals surface area contributed by atoms with Gasteiger partial charge < -0.3 is 14.6 Å². The molecule has 0 radical (unpaired) electrons. The van der Waals surface area contributed by atoms with Crippen molar-refractivity contribution in [3.8, 4) is 0 Å². The van der Waals surface area contributed by atoms with Crippen molar-refractivity contribution in [3.63, 3.8) is 0 Å². The molecule has 0 aromatic rings. The molecule has 0 saturated heterocycles. The number of allylic oxidation sites excluding steroid dienone is 1. The van der Waals surface area contributed by atoms with Gasteiger partial charge in [0, 0.05) is 18.9 Å². The largest absolute Gasteiger partial charge is 0.390 e. The van der Waals surface area contributed by atoms with Crippen LogP contribution in [0.1, 0.15) is 91.9 Å². The molecular formula is C27H44O3. The zero-order valence-electron chi connectivity index (χ0n) is 20.0. The van der Waals surface area contributed by atoms with E-state index in [1.165, 1.54) is 37.7 Å². The zero-order chi connectivity index (χ0) is 21.7. The molecule has 0 aliphatic heterocycles. The number of carbonyl (C=O) groups is 1. The summed E-state index contributed by atoms with van der Waals surface area (Å²) in [5.74, 6) is 4.01. The lowest BCUT2D eigenvalue weighted by molar-refractivity contribution is -0.117. The molecule has 0 heterocycles. The maximum Gasteiger partial charge on any atom is 0.129 e. The van der Waals surface area contributed by atoms with Crippen molar-refractivity contribution in [3.05, 3.63) is 11.6 Å². The predicted octanol–water partition coefficient (Wildman–Crippen LogP) is 5.95. The molecule has 4 aliphatic carbocycles. The molecule has 0 spiro atoms. The van der Waals surface area contributed by atoms with E-state index in [1.54, 1.807) is 6.92 Å². The highest BCUT2D eigenvalue weighted by Crippen LogP contribution is 2.67. The first-order chi connectivity index (χ1) is 14.1. The SMILES string of the molecule is COC[C@]12CC[C@](C)(O)CC1=CC[C@@H]1[C@@H]2CC[C@]2(C)[C@@H]([C@H](C)CCC(C)=O)CC[C@@H]12. The van der Waals surface area contributed by atoms with Gasteiger partial charge in [-0.3, -0.25) is 0 Å². The summed E-state index contributed by atoms with van der Waals surface area (Å²) in [5, 5.41) is 10.8. The van der Waals surface area contributed by atoms with Gasteiger partial charge in [-0.05, 0) is 107 Å². The van der Waals surface area contributed by atoms with Crippen molar-refractivity contribution in [2.24, 2.45) is 40.4 Å². The third kappa shape index (κ3) is 3.62. The molecule has 0 bridgehead atoms. The summed E-state index contributed by atoms with van der Waals surface area (Å²) < 4.78 is 5.85. The highest BCUT2D eigenvalue weighted by Gasteiger charge is 2.60. The fraction of sp³-hybridized carbons (Fsp3) is 0.889. The van der Waals surface area contributed by atoms with Gasteiger partial charge in [-0.1, -0.05) is 25.5 Å². The number of ether oxygens (including phenoxy) is 1. The Hall–Kier alpha value is -0.670. The smallest absolute Gasteiger partial charge is 0.129 e. The van der Waals surface area contributed by atoms with E-state index < -0.39 is 5.60 Å². The van der Waals surface area contributed by atoms with Crippen molar-refractivity contribution in [1.82, 2.24) is 0 Å². The van der Waals surface area contributed by atoms with Crippen LogP contribution >= 0.6 is 0 Å². The Morgan fingerprint density at radius 1 is 1.20 bits per heavy atom. The van der Waals surface area contributed by atoms with Crippen molar-refractivity contribution in [1.29, 1.82) is 0 Å². The van der Waals surface area contributed by atoms with E-state index in [9.17, 15) is 9.90 Å². The van der Waals surface area contributed by atoms with E-state index in [4.69, 9.17) is 4.74 Å². The number of Topliss-reactive ketones (excluding diaryl/α,β-unsaturated/α-hetero) is 1. The molecule has 8 atom stereocenters. The Kier molecular flexibility index (Phi) is 6.03. The van der Waals surface area contributed by atoms with E-state index in [0.29, 0.717) is 23.0 Å². The number of fused-ring (bicyclic) bond motifs is 5. The molecule has 1 N–H and O–H groups in total. The molecule has 3 heteroatoms. The van der Waals surface area contributed by atoms with Gasteiger partial charge in [0.25, 0.3) is 0 Å². The molecule has 0 aromatic carbocycles. The van der Waals surface area contributed by atoms with Gasteiger partial charge in [-0.2, -0.15) is 0 Å². The van der Waals surface area contributed by atoms with Gasteiger partial charge in [0.05, 0.1) is 12.2 Å². The number of methoxy groups -OCH3 is 1. The van der Waals surface area contributed by atoms with Gasteiger partial charge in [0.2, 0.25) is 0 Å². The molecule has 3 fully saturated rings. The Balaban J connectivity index is 1.59. The minimum Gasteiger partial charge on any atom is -0.390 e. The van der Waals surface area contributed by atoms with Gasteiger partial charge in [0.1, 0.15) is 5.78 Å². The van der Waals surface area contributed by atoms with E-state index >= 15 is 0 Å². The molecule has 4 aliphatic rings. The first-order valence-electron chi connectivity index (χ1n) is 12.5. The molecular weight excluding hydrogens is 372 g/mol. The van der Waals surface area contributed by atoms with Gasteiger partial charge in [0.15, 0.2) is 0 Å². The monoisotopic (exact) mass is 416 g/mol. The quantitative estimate of drug-likeness (QED) is 0.544. The van der Waals surface area contributed by atoms with E-state index in [1.807, 2.05) is 14.0 Å². The third-order valence-electron chi connectivity index (χ3n) is 10.2. The molecule has 0 unspecified atom stereocenters. The molecule has 30 heavy (non-hydrogen) atoms. The number of aliphatic hydroxyl groups is 1. The number of ketones is 1. The lowest BCUT2D eigenvalue weighted by Gasteiger charge is -2.60. The standard InChI is InChI=1S/C27H44O3/c1-18(6-7-19(2)28)22-10-11-23-21-9-8-20-16-25(3,29)14-15-27(20,17-30-5)24(21)12-13-26(22,23)4/h8,18,21-24,29H,6-7,9-17H2,1-5H3/t18-,21+,22-,23+,24+,25+,26-,27-/m1/s1. The lowest BCUT2D eigenvalue weighted by atomic mass is 9.46. The predicted molar refractivity (Wildman–Crippen MR) is 121 cm³/mol. The van der Waals surface area contributed by atoms with Crippen molar-refractivity contribution >= 4 is 5.78 Å². The Labute approximate surface area is 184 Å². The lowest BCUT2D eigenvalue weighted by Crippen LogP contribution is -2.54. The summed E-state index contributed by atoms with van der Waals surface area (Å²) in [6, 6.07) is 0. The summed E-state index contributed by atoms with van der Waals surface area (Å²) in [7, 11) is 1.86. The Morgan fingerprint density at radius 2 is 1.97 bits per heavy atom. The van der Waals surface area contributed by atoms with Crippen LogP contribution in [0.15, 0.2) is 11.6 Å². The molecule has 3 saturated carbocycles. The van der Waals surface area contributed by atoms with Gasteiger partial charge >= 0.3 is 0 Å². The Bertz CT molecular complexity index is 694. The normalized spacial score (nSPS) is 46.4. The van der Waals surface area contributed by atoms with Crippen LogP contribution in [0.5, 0.6) is 0 Å². The van der Waals surface area contributed by atoms with Crippen LogP contribution in [0.2, 0.25) is 0 Å². The van der Waals surface area contributed by atoms with Crippen LogP contribution in [0.4, 0.5) is 0 Å². The fourth-order valence-electron chi connectivity index (χ4n) is 8.74. The number of rotatable bonds is 6. The minimum absolute atomic E-state index is 0.152. The van der Waals surface area contributed by atoms with E-state index in [0.717, 1.165) is 56.5 Å². The van der Waals surface area contributed by atoms with Crippen LogP contribution in [0.25, 0.3) is 0 Å². The molecule has 0 aromatic heterocycles. The van der Waals surface area contributed by atoms with E-state index in [-0.39, 0.29) is 5.41 Å². The topological polar surface area (TPSA) is 46.5 Å². The second-order valence-corrected chi connectivity index (χ2v) is 12.1. The number of carbonyl (C=O) groups excluding carboxylic acids is 1.